The van der Waals surface area contributed by atoms with Crippen LogP contribution in [0.4, 0.5) is 0 Å². The predicted octanol–water partition coefficient (Wildman–Crippen LogP) is 3.57. The van der Waals surface area contributed by atoms with Crippen molar-refractivity contribution in [2.45, 2.75) is 29.9 Å². The van der Waals surface area contributed by atoms with E-state index in [0.29, 0.717) is 0 Å². The monoisotopic (exact) mass is 355 g/mol. The molecule has 132 valence electrons. The molecular weight excluding hydrogens is 330 g/mol. The van der Waals surface area contributed by atoms with Gasteiger partial charge in [-0.2, -0.15) is 0 Å². The van der Waals surface area contributed by atoms with E-state index in [-0.39, 0.29) is 16.0 Å². The number of amides is 1. The number of hydrogen-bond acceptors (Lipinski definition) is 3. The Morgan fingerprint density at radius 1 is 1.32 bits per heavy atom. The van der Waals surface area contributed by atoms with Crippen LogP contribution in [0.3, 0.4) is 0 Å². The average Bonchev–Trinajstić information content (AvgIpc) is 3.17. The molecule has 25 heavy (non-hydrogen) atoms. The first-order valence-electron chi connectivity index (χ1n) is 8.98. The minimum absolute atomic E-state index is 0.126. The molecule has 2 aliphatic rings. The molecule has 4 nitrogen and oxygen atoms in total. The highest BCUT2D eigenvalue weighted by Crippen LogP contribution is 2.46. The number of hydrogen-bond donors (Lipinski definition) is 1. The molecule has 0 bridgehead atoms. The number of aromatic amines is 1. The van der Waals surface area contributed by atoms with Crippen molar-refractivity contribution < 1.29 is 4.79 Å². The number of aromatic nitrogens is 1. The van der Waals surface area contributed by atoms with Gasteiger partial charge in [-0.05, 0) is 57.6 Å². The highest BCUT2D eigenvalue weighted by molar-refractivity contribution is 8.01. The second kappa shape index (κ2) is 6.54. The molecule has 2 aromatic rings. The van der Waals surface area contributed by atoms with Gasteiger partial charge in [0.05, 0.1) is 5.37 Å². The molecule has 0 saturated carbocycles. The van der Waals surface area contributed by atoms with Gasteiger partial charge >= 0.3 is 0 Å². The Balaban J connectivity index is 1.47. The van der Waals surface area contributed by atoms with Crippen LogP contribution < -0.4 is 0 Å². The van der Waals surface area contributed by atoms with Crippen molar-refractivity contribution in [2.75, 3.05) is 26.7 Å². The number of carbonyl (C=O) groups excluding carboxylic acids is 1. The van der Waals surface area contributed by atoms with Crippen molar-refractivity contribution in [3.63, 3.8) is 0 Å². The number of fused-ring (bicyclic) bond motifs is 1. The molecule has 0 aliphatic carbocycles. The normalized spacial score (nSPS) is 23.9. The zero-order valence-electron chi connectivity index (χ0n) is 14.9. The summed E-state index contributed by atoms with van der Waals surface area (Å²) in [6.07, 6.45) is 8.00. The molecule has 1 N–H and O–H groups in total. The van der Waals surface area contributed by atoms with Gasteiger partial charge in [-0.1, -0.05) is 18.2 Å². The van der Waals surface area contributed by atoms with Gasteiger partial charge in [0.2, 0.25) is 5.91 Å². The van der Waals surface area contributed by atoms with Gasteiger partial charge in [0.15, 0.2) is 0 Å². The molecule has 2 aliphatic heterocycles. The maximum absolute atomic E-state index is 12.8. The van der Waals surface area contributed by atoms with E-state index in [1.807, 2.05) is 41.1 Å². The smallest absolute Gasteiger partial charge is 0.247 e. The van der Waals surface area contributed by atoms with E-state index >= 15 is 0 Å². The summed E-state index contributed by atoms with van der Waals surface area (Å²) < 4.78 is 0.260. The lowest BCUT2D eigenvalue weighted by Crippen LogP contribution is -2.44. The van der Waals surface area contributed by atoms with Crippen molar-refractivity contribution in [1.82, 2.24) is 14.8 Å². The highest BCUT2D eigenvalue weighted by atomic mass is 32.2. The third kappa shape index (κ3) is 3.23. The number of rotatable bonds is 2. The van der Waals surface area contributed by atoms with Crippen LogP contribution in [0.2, 0.25) is 0 Å². The topological polar surface area (TPSA) is 39.3 Å². The summed E-state index contributed by atoms with van der Waals surface area (Å²) in [5, 5.41) is 1.41. The zero-order chi connectivity index (χ0) is 17.4. The number of likely N-dealkylation sites (tertiary alicyclic amines) is 1. The Kier molecular flexibility index (Phi) is 4.38. The van der Waals surface area contributed by atoms with Crippen molar-refractivity contribution in [1.29, 1.82) is 0 Å². The summed E-state index contributed by atoms with van der Waals surface area (Å²) in [7, 11) is 2.18. The molecule has 1 aromatic carbocycles. The Labute approximate surface area is 153 Å². The van der Waals surface area contributed by atoms with Gasteiger partial charge in [-0.15, -0.1) is 11.8 Å². The summed E-state index contributed by atoms with van der Waals surface area (Å²) in [4.78, 5) is 20.5. The van der Waals surface area contributed by atoms with Crippen LogP contribution in [-0.2, 0) is 4.79 Å². The lowest BCUT2D eigenvalue weighted by atomic mass is 9.95. The predicted molar refractivity (Wildman–Crippen MR) is 106 cm³/mol. The molecule has 2 fully saturated rings. The average molecular weight is 356 g/mol. The number of H-pyrrole nitrogens is 1. The minimum atomic E-state index is 0.126. The molecule has 1 aromatic heterocycles. The molecule has 1 unspecified atom stereocenters. The van der Waals surface area contributed by atoms with Crippen LogP contribution in [0.1, 0.15) is 25.3 Å². The van der Waals surface area contributed by atoms with Crippen LogP contribution in [-0.4, -0.2) is 57.5 Å². The molecule has 1 atom stereocenters. The van der Waals surface area contributed by atoms with Gasteiger partial charge in [0.25, 0.3) is 0 Å². The van der Waals surface area contributed by atoms with Crippen molar-refractivity contribution >= 4 is 34.6 Å². The fraction of sp³-hybridized carbons (Fsp3) is 0.450. The van der Waals surface area contributed by atoms with E-state index in [1.165, 1.54) is 12.8 Å². The molecule has 5 heteroatoms. The first kappa shape index (κ1) is 16.7. The first-order valence-corrected chi connectivity index (χ1v) is 9.85. The maximum Gasteiger partial charge on any atom is 0.247 e. The molecule has 4 rings (SSSR count). The van der Waals surface area contributed by atoms with Gasteiger partial charge in [0.1, 0.15) is 0 Å². The van der Waals surface area contributed by atoms with Crippen LogP contribution in [0.25, 0.3) is 17.0 Å². The SMILES string of the molecule is CC1SC2(CCN(C)CC2)CN1C(=O)C=Cc1c[nH]c2ccccc12. The Morgan fingerprint density at radius 3 is 2.88 bits per heavy atom. The summed E-state index contributed by atoms with van der Waals surface area (Å²) in [6.45, 7) is 5.30. The van der Waals surface area contributed by atoms with Crippen molar-refractivity contribution in [2.24, 2.45) is 0 Å². The Morgan fingerprint density at radius 2 is 2.08 bits per heavy atom. The summed E-state index contributed by atoms with van der Waals surface area (Å²) in [5.41, 5.74) is 2.17. The Bertz CT molecular complexity index is 804. The molecule has 3 heterocycles. The fourth-order valence-electron chi connectivity index (χ4n) is 3.95. The second-order valence-corrected chi connectivity index (χ2v) is 9.08. The highest BCUT2D eigenvalue weighted by Gasteiger charge is 2.45. The number of carbonyl (C=O) groups is 1. The summed E-state index contributed by atoms with van der Waals surface area (Å²) >= 11 is 1.99. The third-order valence-electron chi connectivity index (χ3n) is 5.53. The molecule has 1 spiro atoms. The number of piperidine rings is 1. The minimum Gasteiger partial charge on any atom is -0.361 e. The summed E-state index contributed by atoms with van der Waals surface area (Å²) in [5.74, 6) is 0.126. The third-order valence-corrected chi connectivity index (χ3v) is 7.16. The zero-order valence-corrected chi connectivity index (χ0v) is 15.7. The molecular formula is C20H25N3OS. The number of benzene rings is 1. The summed E-state index contributed by atoms with van der Waals surface area (Å²) in [6, 6.07) is 8.18. The lowest BCUT2D eigenvalue weighted by molar-refractivity contribution is -0.126. The second-order valence-electron chi connectivity index (χ2n) is 7.29. The van der Waals surface area contributed by atoms with Gasteiger partial charge in [-0.25, -0.2) is 0 Å². The standard InChI is InChI=1S/C20H25N3OS/c1-15-23(14-20(25-15)9-11-22(2)12-10-20)19(24)8-7-16-13-21-18-6-4-3-5-17(16)18/h3-8,13,15,21H,9-12,14H2,1-2H3. The van der Waals surface area contributed by atoms with E-state index in [4.69, 9.17) is 0 Å². The van der Waals surface area contributed by atoms with Crippen molar-refractivity contribution in [3.8, 4) is 0 Å². The van der Waals surface area contributed by atoms with Crippen LogP contribution >= 0.6 is 11.8 Å². The quantitative estimate of drug-likeness (QED) is 0.837. The lowest BCUT2D eigenvalue weighted by Gasteiger charge is -2.36. The molecule has 0 radical (unpaired) electrons. The number of nitrogens with one attached hydrogen (secondary N) is 1. The van der Waals surface area contributed by atoms with Crippen LogP contribution in [0.5, 0.6) is 0 Å². The largest absolute Gasteiger partial charge is 0.361 e. The van der Waals surface area contributed by atoms with Gasteiger partial charge in [0, 0.05) is 34.5 Å². The number of para-hydroxylation sites is 1. The molecule has 1 amide bonds. The van der Waals surface area contributed by atoms with Gasteiger partial charge in [-0.3, -0.25) is 4.79 Å². The van der Waals surface area contributed by atoms with E-state index in [1.54, 1.807) is 6.08 Å². The van der Waals surface area contributed by atoms with E-state index in [0.717, 1.165) is 36.1 Å². The van der Waals surface area contributed by atoms with E-state index in [2.05, 4.69) is 36.0 Å². The maximum atomic E-state index is 12.8. The number of thioether (sulfide) groups is 1. The van der Waals surface area contributed by atoms with Crippen molar-refractivity contribution in [3.05, 3.63) is 42.1 Å². The van der Waals surface area contributed by atoms with E-state index < -0.39 is 0 Å². The molecule has 2 saturated heterocycles. The van der Waals surface area contributed by atoms with Crippen LogP contribution in [0.15, 0.2) is 36.5 Å². The van der Waals surface area contributed by atoms with Crippen LogP contribution in [0, 0.1) is 0 Å². The van der Waals surface area contributed by atoms with E-state index in [9.17, 15) is 4.79 Å². The Hall–Kier alpha value is -1.72. The van der Waals surface area contributed by atoms with Gasteiger partial charge < -0.3 is 14.8 Å². The number of nitrogens with zero attached hydrogens (tertiary/aromatic N) is 2. The fourth-order valence-corrected chi connectivity index (χ4v) is 5.61. The first-order chi connectivity index (χ1) is 12.1.